The molecule has 2 amide bonds. The monoisotopic (exact) mass is 643 g/mol. The van der Waals surface area contributed by atoms with Crippen LogP contribution in [0.3, 0.4) is 0 Å². The number of anilines is 1. The van der Waals surface area contributed by atoms with Crippen molar-refractivity contribution in [2.24, 2.45) is 0 Å². The third-order valence-electron chi connectivity index (χ3n) is 2.78. The van der Waals surface area contributed by atoms with Gasteiger partial charge in [-0.3, -0.25) is 9.59 Å². The van der Waals surface area contributed by atoms with Crippen molar-refractivity contribution in [1.82, 2.24) is 10.2 Å². The van der Waals surface area contributed by atoms with E-state index in [1.54, 1.807) is 0 Å². The molecule has 0 saturated carbocycles. The molecule has 0 aliphatic heterocycles. The van der Waals surface area contributed by atoms with Gasteiger partial charge in [0.15, 0.2) is 0 Å². The molecule has 4 N–H and O–H groups in total. The van der Waals surface area contributed by atoms with Gasteiger partial charge in [-0.05, 0) is 67.8 Å². The molecule has 7 nitrogen and oxygen atoms in total. The summed E-state index contributed by atoms with van der Waals surface area (Å²) in [7, 11) is 2.94. The highest BCUT2D eigenvalue weighted by Crippen LogP contribution is 2.34. The summed E-state index contributed by atoms with van der Waals surface area (Å²) >= 11 is 5.58. The minimum atomic E-state index is -1.15. The van der Waals surface area contributed by atoms with Gasteiger partial charge in [0.05, 0.1) is 30.5 Å². The number of nitrogens with one attached hydrogen (secondary N) is 1. The van der Waals surface area contributed by atoms with Crippen LogP contribution in [0.15, 0.2) is 0 Å². The SMILES string of the molecule is CNC(=O)CN(C)C(=O)c1c(I)c(N)c(I)c(C(=O)O)c1I. The van der Waals surface area contributed by atoms with Gasteiger partial charge in [-0.25, -0.2) is 4.79 Å². The summed E-state index contributed by atoms with van der Waals surface area (Å²) in [5.41, 5.74) is 6.36. The van der Waals surface area contributed by atoms with Gasteiger partial charge in [0.2, 0.25) is 5.91 Å². The highest BCUT2D eigenvalue weighted by Gasteiger charge is 2.28. The Bertz CT molecular complexity index is 664. The van der Waals surface area contributed by atoms with Crippen LogP contribution in [0.2, 0.25) is 0 Å². The zero-order valence-corrected chi connectivity index (χ0v) is 18.0. The molecule has 1 rings (SSSR count). The third-order valence-corrected chi connectivity index (χ3v) is 6.10. The number of carboxylic acids is 1. The molecular weight excluding hydrogens is 631 g/mol. The van der Waals surface area contributed by atoms with Crippen LogP contribution in [0.25, 0.3) is 0 Å². The van der Waals surface area contributed by atoms with Crippen molar-refractivity contribution in [2.45, 2.75) is 0 Å². The molecule has 0 fully saturated rings. The number of halogens is 3. The first kappa shape index (κ1) is 19.7. The van der Waals surface area contributed by atoms with Crippen molar-refractivity contribution in [3.05, 3.63) is 21.8 Å². The van der Waals surface area contributed by atoms with E-state index < -0.39 is 11.9 Å². The normalized spacial score (nSPS) is 10.2. The molecule has 0 aromatic heterocycles. The molecule has 0 unspecified atom stereocenters. The van der Waals surface area contributed by atoms with Crippen molar-refractivity contribution < 1.29 is 19.5 Å². The molecule has 0 bridgehead atoms. The maximum Gasteiger partial charge on any atom is 0.337 e. The fourth-order valence-electron chi connectivity index (χ4n) is 1.62. The highest BCUT2D eigenvalue weighted by molar-refractivity contribution is 14.1. The molecule has 0 atom stereocenters. The first-order valence-corrected chi connectivity index (χ1v) is 9.02. The molecule has 0 aliphatic carbocycles. The summed E-state index contributed by atoms with van der Waals surface area (Å²) in [6, 6.07) is 0. The van der Waals surface area contributed by atoms with E-state index in [0.29, 0.717) is 10.7 Å². The number of benzene rings is 1. The van der Waals surface area contributed by atoms with Crippen molar-refractivity contribution in [2.75, 3.05) is 26.4 Å². The lowest BCUT2D eigenvalue weighted by molar-refractivity contribution is -0.121. The zero-order valence-electron chi connectivity index (χ0n) is 11.5. The number of aromatic carboxylic acids is 1. The number of nitrogens with two attached hydrogens (primary N) is 1. The quantitative estimate of drug-likeness (QED) is 0.341. The maximum atomic E-state index is 12.6. The summed E-state index contributed by atoms with van der Waals surface area (Å²) in [5.74, 6) is -1.93. The van der Waals surface area contributed by atoms with Crippen LogP contribution >= 0.6 is 67.8 Å². The van der Waals surface area contributed by atoms with Crippen molar-refractivity contribution in [3.8, 4) is 0 Å². The van der Waals surface area contributed by atoms with Crippen LogP contribution in [0.1, 0.15) is 20.7 Å². The highest BCUT2D eigenvalue weighted by atomic mass is 127. The number of likely N-dealkylation sites (N-methyl/N-ethyl adjacent to an activating group) is 2. The number of carbonyl (C=O) groups is 3. The third kappa shape index (κ3) is 3.93. The number of carbonyl (C=O) groups excluding carboxylic acids is 2. The Morgan fingerprint density at radius 1 is 1.14 bits per heavy atom. The van der Waals surface area contributed by atoms with Crippen molar-refractivity contribution in [3.63, 3.8) is 0 Å². The van der Waals surface area contributed by atoms with E-state index in [1.165, 1.54) is 19.0 Å². The molecule has 0 radical (unpaired) electrons. The summed E-state index contributed by atoms with van der Waals surface area (Å²) in [4.78, 5) is 36.6. The molecule has 0 spiro atoms. The summed E-state index contributed by atoms with van der Waals surface area (Å²) in [6.07, 6.45) is 0. The number of nitrogens with zero attached hydrogens (tertiary/aromatic N) is 1. The standard InChI is InChI=1S/C12H12I3N3O4/c1-17-4(19)3-18(2)11(20)5-7(13)6(12(21)22)9(15)10(16)8(5)14/h3,16H2,1-2H3,(H,17,19)(H,21,22). The van der Waals surface area contributed by atoms with Gasteiger partial charge in [-0.15, -0.1) is 0 Å². The topological polar surface area (TPSA) is 113 Å². The van der Waals surface area contributed by atoms with Gasteiger partial charge in [-0.1, -0.05) is 0 Å². The lowest BCUT2D eigenvalue weighted by Crippen LogP contribution is -2.37. The smallest absolute Gasteiger partial charge is 0.337 e. The largest absolute Gasteiger partial charge is 0.478 e. The van der Waals surface area contributed by atoms with Crippen LogP contribution in [-0.2, 0) is 4.79 Å². The van der Waals surface area contributed by atoms with E-state index in [-0.39, 0.29) is 29.3 Å². The van der Waals surface area contributed by atoms with Crippen LogP contribution in [0.5, 0.6) is 0 Å². The number of hydrogen-bond donors (Lipinski definition) is 3. The minimum Gasteiger partial charge on any atom is -0.478 e. The van der Waals surface area contributed by atoms with Gasteiger partial charge >= 0.3 is 5.97 Å². The number of amides is 2. The Balaban J connectivity index is 3.44. The first-order chi connectivity index (χ1) is 10.1. The Kier molecular flexibility index (Phi) is 7.10. The summed E-state index contributed by atoms with van der Waals surface area (Å²) in [5, 5.41) is 11.8. The van der Waals surface area contributed by atoms with Crippen LogP contribution < -0.4 is 11.1 Å². The number of nitrogen functional groups attached to an aromatic ring is 1. The Morgan fingerprint density at radius 3 is 2.09 bits per heavy atom. The first-order valence-electron chi connectivity index (χ1n) is 5.78. The number of carboxylic acid groups (broad SMARTS) is 1. The zero-order chi connectivity index (χ0) is 17.2. The van der Waals surface area contributed by atoms with E-state index in [0.717, 1.165) is 0 Å². The van der Waals surface area contributed by atoms with E-state index in [9.17, 15) is 19.5 Å². The minimum absolute atomic E-state index is 0.00388. The second kappa shape index (κ2) is 7.94. The average molecular weight is 643 g/mol. The number of hydrogen-bond acceptors (Lipinski definition) is 4. The molecular formula is C12H12I3N3O4. The molecule has 1 aromatic rings. The Morgan fingerprint density at radius 2 is 1.64 bits per heavy atom. The fraction of sp³-hybridized carbons (Fsp3) is 0.250. The number of rotatable bonds is 4. The predicted octanol–water partition coefficient (Wildman–Crippen LogP) is 1.60. The molecule has 22 heavy (non-hydrogen) atoms. The molecule has 1 aromatic carbocycles. The molecule has 120 valence electrons. The van der Waals surface area contributed by atoms with Crippen molar-refractivity contribution >= 4 is 91.2 Å². The molecule has 0 saturated heterocycles. The van der Waals surface area contributed by atoms with Crippen LogP contribution in [0, 0.1) is 10.7 Å². The molecule has 0 aliphatic rings. The van der Waals surface area contributed by atoms with Crippen LogP contribution in [0.4, 0.5) is 5.69 Å². The lowest BCUT2D eigenvalue weighted by Gasteiger charge is -2.20. The molecule has 0 heterocycles. The van der Waals surface area contributed by atoms with E-state index in [4.69, 9.17) is 5.73 Å². The summed E-state index contributed by atoms with van der Waals surface area (Å²) in [6.45, 7) is -0.129. The van der Waals surface area contributed by atoms with E-state index >= 15 is 0 Å². The van der Waals surface area contributed by atoms with Gasteiger partial charge in [0.1, 0.15) is 0 Å². The van der Waals surface area contributed by atoms with Crippen LogP contribution in [-0.4, -0.2) is 48.4 Å². The second-order valence-corrected chi connectivity index (χ2v) is 7.48. The lowest BCUT2D eigenvalue weighted by atomic mass is 10.1. The van der Waals surface area contributed by atoms with E-state index in [2.05, 4.69) is 5.32 Å². The Hall–Kier alpha value is -0.380. The van der Waals surface area contributed by atoms with Gasteiger partial charge < -0.3 is 21.1 Å². The second-order valence-electron chi connectivity index (χ2n) is 4.25. The predicted molar refractivity (Wildman–Crippen MR) is 107 cm³/mol. The molecule has 10 heteroatoms. The van der Waals surface area contributed by atoms with Crippen molar-refractivity contribution in [1.29, 1.82) is 0 Å². The van der Waals surface area contributed by atoms with Gasteiger partial charge in [-0.2, -0.15) is 0 Å². The fourth-order valence-corrected chi connectivity index (χ4v) is 5.71. The van der Waals surface area contributed by atoms with Gasteiger partial charge in [0.25, 0.3) is 5.91 Å². The Labute approximate surface area is 167 Å². The summed E-state index contributed by atoms with van der Waals surface area (Å²) < 4.78 is 1.18. The van der Waals surface area contributed by atoms with Gasteiger partial charge in [0, 0.05) is 17.7 Å². The maximum absolute atomic E-state index is 12.6. The average Bonchev–Trinajstić information content (AvgIpc) is 2.44. The van der Waals surface area contributed by atoms with E-state index in [1.807, 2.05) is 67.8 Å².